The number of hydrogen-bond acceptors (Lipinski definition) is 5. The molecular weight excluding hydrogens is 278 g/mol. The largest absolute Gasteiger partial charge is 0.366 e. The van der Waals surface area contributed by atoms with Gasteiger partial charge in [0.2, 0.25) is 5.91 Å². The standard InChI is InChI=1S/C16H19N5O/c1-16(2,3)15-19-7-11-8-21(9-12(11)20-15)13-5-4-10(6-18-13)14(17)22/h4-7H,8-9H2,1-3H3,(H2,17,22). The Bertz CT molecular complexity index is 718. The maximum absolute atomic E-state index is 11.1. The molecule has 3 rings (SSSR count). The molecule has 1 aliphatic heterocycles. The number of amides is 1. The van der Waals surface area contributed by atoms with Crippen molar-refractivity contribution in [3.05, 3.63) is 47.2 Å². The highest BCUT2D eigenvalue weighted by Gasteiger charge is 2.25. The van der Waals surface area contributed by atoms with Gasteiger partial charge in [0, 0.05) is 29.9 Å². The molecule has 1 amide bonds. The van der Waals surface area contributed by atoms with Crippen molar-refractivity contribution < 1.29 is 4.79 Å². The summed E-state index contributed by atoms with van der Waals surface area (Å²) in [5.74, 6) is 1.19. The summed E-state index contributed by atoms with van der Waals surface area (Å²) in [5, 5.41) is 0. The Hall–Kier alpha value is -2.50. The van der Waals surface area contributed by atoms with Crippen LogP contribution in [0.3, 0.4) is 0 Å². The first-order valence-corrected chi connectivity index (χ1v) is 7.20. The summed E-state index contributed by atoms with van der Waals surface area (Å²) in [7, 11) is 0. The van der Waals surface area contributed by atoms with Crippen molar-refractivity contribution in [2.24, 2.45) is 5.73 Å². The van der Waals surface area contributed by atoms with Crippen LogP contribution < -0.4 is 10.6 Å². The lowest BCUT2D eigenvalue weighted by atomic mass is 9.95. The minimum absolute atomic E-state index is 0.0656. The second kappa shape index (κ2) is 5.05. The first-order chi connectivity index (χ1) is 10.3. The molecule has 2 aromatic rings. The number of nitrogens with zero attached hydrogens (tertiary/aromatic N) is 4. The summed E-state index contributed by atoms with van der Waals surface area (Å²) < 4.78 is 0. The minimum Gasteiger partial charge on any atom is -0.366 e. The van der Waals surface area contributed by atoms with Gasteiger partial charge in [0.15, 0.2) is 0 Å². The van der Waals surface area contributed by atoms with Crippen LogP contribution in [-0.4, -0.2) is 20.9 Å². The van der Waals surface area contributed by atoms with Crippen LogP contribution >= 0.6 is 0 Å². The summed E-state index contributed by atoms with van der Waals surface area (Å²) in [6.07, 6.45) is 3.41. The van der Waals surface area contributed by atoms with E-state index >= 15 is 0 Å². The van der Waals surface area contributed by atoms with Gasteiger partial charge in [-0.25, -0.2) is 15.0 Å². The molecule has 3 heterocycles. The average molecular weight is 297 g/mol. The highest BCUT2D eigenvalue weighted by Crippen LogP contribution is 2.27. The quantitative estimate of drug-likeness (QED) is 0.913. The lowest BCUT2D eigenvalue weighted by molar-refractivity contribution is 0.1000. The molecule has 0 fully saturated rings. The van der Waals surface area contributed by atoms with Gasteiger partial charge < -0.3 is 10.6 Å². The molecule has 0 saturated heterocycles. The second-order valence-electron chi connectivity index (χ2n) is 6.54. The molecule has 0 spiro atoms. The summed E-state index contributed by atoms with van der Waals surface area (Å²) >= 11 is 0. The Kier molecular flexibility index (Phi) is 3.31. The molecule has 22 heavy (non-hydrogen) atoms. The summed E-state index contributed by atoms with van der Waals surface area (Å²) in [4.78, 5) is 26.7. The number of rotatable bonds is 2. The fourth-order valence-electron chi connectivity index (χ4n) is 2.40. The molecule has 6 nitrogen and oxygen atoms in total. The Balaban J connectivity index is 1.83. The van der Waals surface area contributed by atoms with E-state index in [1.54, 1.807) is 6.07 Å². The smallest absolute Gasteiger partial charge is 0.250 e. The third-order valence-electron chi connectivity index (χ3n) is 3.68. The van der Waals surface area contributed by atoms with E-state index in [-0.39, 0.29) is 5.41 Å². The molecule has 6 heteroatoms. The molecule has 0 radical (unpaired) electrons. The van der Waals surface area contributed by atoms with Crippen molar-refractivity contribution in [3.8, 4) is 0 Å². The number of nitrogens with two attached hydrogens (primary N) is 1. The SMILES string of the molecule is CC(C)(C)c1ncc2c(n1)CN(c1ccc(C(N)=O)cn1)C2. The van der Waals surface area contributed by atoms with Crippen molar-refractivity contribution >= 4 is 11.7 Å². The van der Waals surface area contributed by atoms with Crippen LogP contribution in [0.5, 0.6) is 0 Å². The first-order valence-electron chi connectivity index (χ1n) is 7.20. The predicted molar refractivity (Wildman–Crippen MR) is 83.4 cm³/mol. The van der Waals surface area contributed by atoms with Gasteiger partial charge in [0.1, 0.15) is 11.6 Å². The van der Waals surface area contributed by atoms with Crippen LogP contribution in [0.2, 0.25) is 0 Å². The van der Waals surface area contributed by atoms with Gasteiger partial charge in [-0.1, -0.05) is 20.8 Å². The molecule has 0 unspecified atom stereocenters. The Labute approximate surface area is 129 Å². The zero-order valence-corrected chi connectivity index (χ0v) is 13.0. The number of hydrogen-bond donors (Lipinski definition) is 1. The number of fused-ring (bicyclic) bond motifs is 1. The molecule has 0 saturated carbocycles. The van der Waals surface area contributed by atoms with Crippen molar-refractivity contribution in [2.75, 3.05) is 4.90 Å². The van der Waals surface area contributed by atoms with Gasteiger partial charge in [0.25, 0.3) is 0 Å². The fraction of sp³-hybridized carbons (Fsp3) is 0.375. The summed E-state index contributed by atoms with van der Waals surface area (Å²) in [6, 6.07) is 3.50. The van der Waals surface area contributed by atoms with Crippen LogP contribution in [0, 0.1) is 0 Å². The average Bonchev–Trinajstić information content (AvgIpc) is 2.89. The van der Waals surface area contributed by atoms with E-state index in [0.29, 0.717) is 12.1 Å². The third kappa shape index (κ3) is 2.64. The minimum atomic E-state index is -0.468. The number of anilines is 1. The van der Waals surface area contributed by atoms with Crippen molar-refractivity contribution in [3.63, 3.8) is 0 Å². The Morgan fingerprint density at radius 2 is 1.95 bits per heavy atom. The molecule has 0 atom stereocenters. The maximum atomic E-state index is 11.1. The summed E-state index contributed by atoms with van der Waals surface area (Å²) in [5.41, 5.74) is 7.74. The van der Waals surface area contributed by atoms with Crippen LogP contribution in [0.4, 0.5) is 5.82 Å². The van der Waals surface area contributed by atoms with E-state index in [1.165, 1.54) is 6.20 Å². The highest BCUT2D eigenvalue weighted by molar-refractivity contribution is 5.92. The number of carbonyl (C=O) groups excluding carboxylic acids is 1. The van der Waals surface area contributed by atoms with Crippen LogP contribution in [0.15, 0.2) is 24.5 Å². The van der Waals surface area contributed by atoms with E-state index < -0.39 is 5.91 Å². The summed E-state index contributed by atoms with van der Waals surface area (Å²) in [6.45, 7) is 7.73. The Morgan fingerprint density at radius 3 is 2.55 bits per heavy atom. The molecule has 2 N–H and O–H groups in total. The number of primary amides is 1. The molecule has 1 aliphatic rings. The second-order valence-corrected chi connectivity index (χ2v) is 6.54. The number of aromatic nitrogens is 3. The number of carbonyl (C=O) groups is 1. The van der Waals surface area contributed by atoms with E-state index in [2.05, 4.69) is 35.6 Å². The molecule has 0 aromatic carbocycles. The molecule has 2 aromatic heterocycles. The molecule has 0 bridgehead atoms. The number of pyridine rings is 1. The topological polar surface area (TPSA) is 85.0 Å². The monoisotopic (exact) mass is 297 g/mol. The van der Waals surface area contributed by atoms with Crippen molar-refractivity contribution in [2.45, 2.75) is 39.3 Å². The predicted octanol–water partition coefficient (Wildman–Crippen LogP) is 1.79. The van der Waals surface area contributed by atoms with Gasteiger partial charge in [-0.05, 0) is 12.1 Å². The van der Waals surface area contributed by atoms with E-state index in [9.17, 15) is 4.79 Å². The fourth-order valence-corrected chi connectivity index (χ4v) is 2.40. The van der Waals surface area contributed by atoms with Gasteiger partial charge in [-0.2, -0.15) is 0 Å². The maximum Gasteiger partial charge on any atom is 0.250 e. The van der Waals surface area contributed by atoms with E-state index in [4.69, 9.17) is 10.7 Å². The first kappa shape index (κ1) is 14.4. The van der Waals surface area contributed by atoms with E-state index in [0.717, 1.165) is 29.4 Å². The van der Waals surface area contributed by atoms with Crippen LogP contribution in [0.1, 0.15) is 48.2 Å². The van der Waals surface area contributed by atoms with Crippen LogP contribution in [0.25, 0.3) is 0 Å². The van der Waals surface area contributed by atoms with Crippen LogP contribution in [-0.2, 0) is 18.5 Å². The van der Waals surface area contributed by atoms with Crippen molar-refractivity contribution in [1.29, 1.82) is 0 Å². The van der Waals surface area contributed by atoms with Crippen molar-refractivity contribution in [1.82, 2.24) is 15.0 Å². The zero-order valence-electron chi connectivity index (χ0n) is 13.0. The Morgan fingerprint density at radius 1 is 1.18 bits per heavy atom. The zero-order chi connectivity index (χ0) is 15.9. The van der Waals surface area contributed by atoms with Gasteiger partial charge >= 0.3 is 0 Å². The lowest BCUT2D eigenvalue weighted by Gasteiger charge is -2.17. The molecule has 0 aliphatic carbocycles. The lowest BCUT2D eigenvalue weighted by Crippen LogP contribution is -2.18. The molecule has 114 valence electrons. The normalized spacial score (nSPS) is 14.0. The molecular formula is C16H19N5O. The third-order valence-corrected chi connectivity index (χ3v) is 3.68. The highest BCUT2D eigenvalue weighted by atomic mass is 16.1. The van der Waals surface area contributed by atoms with Gasteiger partial charge in [0.05, 0.1) is 17.8 Å². The van der Waals surface area contributed by atoms with Gasteiger partial charge in [-0.3, -0.25) is 4.79 Å². The van der Waals surface area contributed by atoms with E-state index in [1.807, 2.05) is 12.3 Å². The van der Waals surface area contributed by atoms with Gasteiger partial charge in [-0.15, -0.1) is 0 Å².